The Labute approximate surface area is 183 Å². The predicted molar refractivity (Wildman–Crippen MR) is 115 cm³/mol. The van der Waals surface area contributed by atoms with Gasteiger partial charge >= 0.3 is 11.9 Å². The molecule has 1 saturated heterocycles. The Balaban J connectivity index is 1.64. The second-order valence-electron chi connectivity index (χ2n) is 8.48. The van der Waals surface area contributed by atoms with Crippen LogP contribution >= 0.6 is 0 Å². The molecule has 7 heteroatoms. The molecule has 0 bridgehead atoms. The Bertz CT molecular complexity index is 1230. The third kappa shape index (κ3) is 2.60. The number of carbonyl (C=O) groups excluding carboxylic acids is 2. The molecule has 1 unspecified atom stereocenters. The number of rotatable bonds is 3. The van der Waals surface area contributed by atoms with E-state index < -0.39 is 34.0 Å². The summed E-state index contributed by atoms with van der Waals surface area (Å²) in [7, 11) is 0. The van der Waals surface area contributed by atoms with Crippen molar-refractivity contribution < 1.29 is 24.0 Å². The molecule has 0 saturated carbocycles. The molecule has 0 radical (unpaired) electrons. The van der Waals surface area contributed by atoms with Crippen LogP contribution in [0.2, 0.25) is 0 Å². The molecule has 32 heavy (non-hydrogen) atoms. The summed E-state index contributed by atoms with van der Waals surface area (Å²) in [5, 5.41) is 10.9. The van der Waals surface area contributed by atoms with Crippen molar-refractivity contribution in [3.8, 4) is 11.1 Å². The van der Waals surface area contributed by atoms with E-state index in [1.807, 2.05) is 48.5 Å². The smallest absolute Gasteiger partial charge is 0.338 e. The zero-order chi connectivity index (χ0) is 22.7. The molecule has 1 aliphatic heterocycles. The van der Waals surface area contributed by atoms with E-state index in [4.69, 9.17) is 9.47 Å². The fraction of sp³-hybridized carbons (Fsp3) is 0.200. The van der Waals surface area contributed by atoms with E-state index in [2.05, 4.69) is 0 Å². The van der Waals surface area contributed by atoms with E-state index in [1.165, 1.54) is 24.3 Å². The van der Waals surface area contributed by atoms with E-state index in [0.29, 0.717) is 0 Å². The Morgan fingerprint density at radius 2 is 1.47 bits per heavy atom. The maximum absolute atomic E-state index is 13.5. The molecule has 1 heterocycles. The number of ether oxygens (including phenoxy) is 2. The predicted octanol–water partition coefficient (Wildman–Crippen LogP) is 4.42. The van der Waals surface area contributed by atoms with Crippen LogP contribution in [0, 0.1) is 10.1 Å². The van der Waals surface area contributed by atoms with Gasteiger partial charge in [-0.15, -0.1) is 0 Å². The minimum Gasteiger partial charge on any atom is -0.455 e. The highest BCUT2D eigenvalue weighted by atomic mass is 16.6. The second-order valence-corrected chi connectivity index (χ2v) is 8.48. The van der Waals surface area contributed by atoms with Gasteiger partial charge in [-0.1, -0.05) is 48.5 Å². The van der Waals surface area contributed by atoms with Gasteiger partial charge in [0.15, 0.2) is 11.5 Å². The van der Waals surface area contributed by atoms with Crippen molar-refractivity contribution in [2.24, 2.45) is 0 Å². The molecule has 2 aliphatic rings. The van der Waals surface area contributed by atoms with E-state index in [-0.39, 0.29) is 11.3 Å². The van der Waals surface area contributed by atoms with E-state index in [0.717, 1.165) is 22.3 Å². The van der Waals surface area contributed by atoms with Gasteiger partial charge in [-0.3, -0.25) is 14.9 Å². The minimum atomic E-state index is -1.30. The molecular weight excluding hydrogens is 410 g/mol. The lowest BCUT2D eigenvalue weighted by molar-refractivity contribution is -0.384. The van der Waals surface area contributed by atoms with Crippen LogP contribution in [-0.2, 0) is 19.7 Å². The van der Waals surface area contributed by atoms with Crippen molar-refractivity contribution in [3.63, 3.8) is 0 Å². The molecular formula is C25H19NO6. The Kier molecular flexibility index (Phi) is 4.20. The van der Waals surface area contributed by atoms with Crippen LogP contribution < -0.4 is 0 Å². The van der Waals surface area contributed by atoms with Crippen LogP contribution in [-0.4, -0.2) is 28.6 Å². The van der Waals surface area contributed by atoms with Gasteiger partial charge in [-0.25, -0.2) is 4.79 Å². The van der Waals surface area contributed by atoms with Crippen LogP contribution in [0.25, 0.3) is 11.1 Å². The van der Waals surface area contributed by atoms with Crippen molar-refractivity contribution >= 4 is 17.6 Å². The van der Waals surface area contributed by atoms with Crippen molar-refractivity contribution in [3.05, 3.63) is 99.6 Å². The van der Waals surface area contributed by atoms with Crippen LogP contribution in [0.5, 0.6) is 0 Å². The SMILES string of the molecule is CC1(C)OC(=O)C2(c3ccccc3-c3ccccc32)C1OC(=O)c1ccc([N+](=O)[O-])cc1. The van der Waals surface area contributed by atoms with Gasteiger partial charge in [0.2, 0.25) is 0 Å². The zero-order valence-corrected chi connectivity index (χ0v) is 17.4. The summed E-state index contributed by atoms with van der Waals surface area (Å²) in [6.45, 7) is 3.44. The summed E-state index contributed by atoms with van der Waals surface area (Å²) in [5.41, 5.74) is 0.891. The van der Waals surface area contributed by atoms with Crippen LogP contribution in [0.4, 0.5) is 5.69 Å². The molecule has 1 aliphatic carbocycles. The quantitative estimate of drug-likeness (QED) is 0.347. The Morgan fingerprint density at radius 1 is 0.938 bits per heavy atom. The van der Waals surface area contributed by atoms with Gasteiger partial charge < -0.3 is 9.47 Å². The monoisotopic (exact) mass is 429 g/mol. The molecule has 1 fully saturated rings. The number of nitrogens with zero attached hydrogens (tertiary/aromatic N) is 1. The number of nitro groups is 1. The summed E-state index contributed by atoms with van der Waals surface area (Å²) in [6, 6.07) is 20.3. The number of cyclic esters (lactones) is 1. The topological polar surface area (TPSA) is 95.7 Å². The van der Waals surface area contributed by atoms with Crippen molar-refractivity contribution in [1.29, 1.82) is 0 Å². The molecule has 0 amide bonds. The molecule has 3 aromatic rings. The first kappa shape index (κ1) is 19.9. The molecule has 1 spiro atoms. The molecule has 0 N–H and O–H groups in total. The largest absolute Gasteiger partial charge is 0.455 e. The number of benzene rings is 3. The lowest BCUT2D eigenvalue weighted by Crippen LogP contribution is -2.49. The average Bonchev–Trinajstić information content (AvgIpc) is 3.18. The van der Waals surface area contributed by atoms with Crippen molar-refractivity contribution in [2.45, 2.75) is 31.0 Å². The molecule has 1 atom stereocenters. The van der Waals surface area contributed by atoms with Crippen molar-refractivity contribution in [1.82, 2.24) is 0 Å². The Hall–Kier alpha value is -4.00. The van der Waals surface area contributed by atoms with Gasteiger partial charge in [-0.2, -0.15) is 0 Å². The number of hydrogen-bond acceptors (Lipinski definition) is 6. The molecule has 0 aromatic heterocycles. The number of non-ortho nitro benzene ring substituents is 1. The standard InChI is InChI=1S/C25H19NO6/c1-24(2)22(31-21(27)15-11-13-16(14-12-15)26(29)30)25(23(28)32-24)19-9-5-3-7-17(19)18-8-4-6-10-20(18)25/h3-14,22H,1-2H3. The highest BCUT2D eigenvalue weighted by molar-refractivity contribution is 6.01. The second kappa shape index (κ2) is 6.75. The average molecular weight is 429 g/mol. The number of esters is 2. The Morgan fingerprint density at radius 3 is 2.00 bits per heavy atom. The lowest BCUT2D eigenvalue weighted by atomic mass is 9.71. The summed E-state index contributed by atoms with van der Waals surface area (Å²) in [5.74, 6) is -1.15. The lowest BCUT2D eigenvalue weighted by Gasteiger charge is -2.33. The van der Waals surface area contributed by atoms with E-state index in [1.54, 1.807) is 13.8 Å². The van der Waals surface area contributed by atoms with Crippen LogP contribution in [0.3, 0.4) is 0 Å². The van der Waals surface area contributed by atoms with Crippen molar-refractivity contribution in [2.75, 3.05) is 0 Å². The third-order valence-electron chi connectivity index (χ3n) is 6.24. The highest BCUT2D eigenvalue weighted by Crippen LogP contribution is 2.57. The molecule has 160 valence electrons. The first-order chi connectivity index (χ1) is 15.3. The zero-order valence-electron chi connectivity index (χ0n) is 17.4. The maximum atomic E-state index is 13.5. The normalized spacial score (nSPS) is 19.2. The van der Waals surface area contributed by atoms with Gasteiger partial charge in [0.25, 0.3) is 5.69 Å². The van der Waals surface area contributed by atoms with Gasteiger partial charge in [0.1, 0.15) is 5.60 Å². The summed E-state index contributed by atoms with van der Waals surface area (Å²) in [6.07, 6.45) is -0.949. The number of nitro benzene ring substituents is 1. The summed E-state index contributed by atoms with van der Waals surface area (Å²) in [4.78, 5) is 37.0. The molecule has 7 nitrogen and oxygen atoms in total. The van der Waals surface area contributed by atoms with Gasteiger partial charge in [0, 0.05) is 12.1 Å². The third-order valence-corrected chi connectivity index (χ3v) is 6.24. The first-order valence-corrected chi connectivity index (χ1v) is 10.1. The van der Waals surface area contributed by atoms with Gasteiger partial charge in [-0.05, 0) is 48.2 Å². The summed E-state index contributed by atoms with van der Waals surface area (Å²) >= 11 is 0. The van der Waals surface area contributed by atoms with Crippen LogP contribution in [0.1, 0.15) is 35.3 Å². The number of fused-ring (bicyclic) bond motifs is 5. The molecule has 5 rings (SSSR count). The fourth-order valence-corrected chi connectivity index (χ4v) is 4.90. The number of hydrogen-bond donors (Lipinski definition) is 0. The summed E-state index contributed by atoms with van der Waals surface area (Å²) < 4.78 is 11.8. The van der Waals surface area contributed by atoms with E-state index >= 15 is 0 Å². The minimum absolute atomic E-state index is 0.128. The first-order valence-electron chi connectivity index (χ1n) is 10.1. The van der Waals surface area contributed by atoms with Crippen LogP contribution in [0.15, 0.2) is 72.8 Å². The fourth-order valence-electron chi connectivity index (χ4n) is 4.90. The highest BCUT2D eigenvalue weighted by Gasteiger charge is 2.68. The van der Waals surface area contributed by atoms with E-state index in [9.17, 15) is 19.7 Å². The number of carbonyl (C=O) groups is 2. The maximum Gasteiger partial charge on any atom is 0.338 e. The molecule has 3 aromatic carbocycles. The van der Waals surface area contributed by atoms with Gasteiger partial charge in [0.05, 0.1) is 10.5 Å².